The summed E-state index contributed by atoms with van der Waals surface area (Å²) in [6.07, 6.45) is 5.23. The predicted octanol–water partition coefficient (Wildman–Crippen LogP) is 3.60. The Kier molecular flexibility index (Phi) is 4.07. The molecule has 1 aromatic carbocycles. The largest absolute Gasteiger partial charge is 0.377 e. The van der Waals surface area contributed by atoms with Gasteiger partial charge in [-0.3, -0.25) is 0 Å². The van der Waals surface area contributed by atoms with Crippen LogP contribution in [0, 0.1) is 18.3 Å². The molecule has 1 heterocycles. The summed E-state index contributed by atoms with van der Waals surface area (Å²) in [7, 11) is 2.04. The lowest BCUT2D eigenvalue weighted by Gasteiger charge is -2.35. The molecule has 2 aliphatic rings. The van der Waals surface area contributed by atoms with Crippen LogP contribution in [0.3, 0.4) is 0 Å². The van der Waals surface area contributed by atoms with Crippen molar-refractivity contribution in [1.82, 2.24) is 5.32 Å². The molecule has 3 rings (SSSR count). The van der Waals surface area contributed by atoms with E-state index in [9.17, 15) is 0 Å². The van der Waals surface area contributed by atoms with Crippen LogP contribution < -0.4 is 5.32 Å². The van der Waals surface area contributed by atoms with Crippen LogP contribution in [-0.2, 0) is 11.2 Å². The minimum atomic E-state index is 0.217. The molecule has 0 radical (unpaired) electrons. The van der Waals surface area contributed by atoms with Crippen LogP contribution in [0.25, 0.3) is 0 Å². The van der Waals surface area contributed by atoms with E-state index in [1.807, 2.05) is 7.05 Å². The standard InChI is InChI=1S/C17H24ClNO/c1-12-3-4-14(15(18)9-12)10-17(11-19-2)7-8-20-16(17)13-5-6-13/h3-4,9,13,16,19H,5-8,10-11H2,1-2H3. The second kappa shape index (κ2) is 5.67. The van der Waals surface area contributed by atoms with Crippen LogP contribution in [0.1, 0.15) is 30.4 Å². The van der Waals surface area contributed by atoms with Gasteiger partial charge in [-0.1, -0.05) is 23.7 Å². The van der Waals surface area contributed by atoms with Crippen molar-refractivity contribution in [3.05, 3.63) is 34.3 Å². The number of aryl methyl sites for hydroxylation is 1. The average molecular weight is 294 g/mol. The van der Waals surface area contributed by atoms with Gasteiger partial charge in [0.15, 0.2) is 0 Å². The van der Waals surface area contributed by atoms with E-state index in [1.165, 1.54) is 24.0 Å². The maximum absolute atomic E-state index is 6.45. The van der Waals surface area contributed by atoms with Gasteiger partial charge in [0.25, 0.3) is 0 Å². The van der Waals surface area contributed by atoms with Crippen molar-refractivity contribution in [2.75, 3.05) is 20.2 Å². The van der Waals surface area contributed by atoms with Gasteiger partial charge in [0.2, 0.25) is 0 Å². The highest BCUT2D eigenvalue weighted by atomic mass is 35.5. The zero-order valence-electron chi connectivity index (χ0n) is 12.4. The van der Waals surface area contributed by atoms with Crippen LogP contribution in [0.2, 0.25) is 5.02 Å². The van der Waals surface area contributed by atoms with E-state index in [-0.39, 0.29) is 5.41 Å². The normalized spacial score (nSPS) is 29.9. The molecule has 1 saturated heterocycles. The number of hydrogen-bond acceptors (Lipinski definition) is 2. The quantitative estimate of drug-likeness (QED) is 0.896. The van der Waals surface area contributed by atoms with Crippen LogP contribution in [0.15, 0.2) is 18.2 Å². The Hall–Kier alpha value is -0.570. The third kappa shape index (κ3) is 2.74. The van der Waals surface area contributed by atoms with Gasteiger partial charge >= 0.3 is 0 Å². The summed E-state index contributed by atoms with van der Waals surface area (Å²) in [6.45, 7) is 4.00. The van der Waals surface area contributed by atoms with Gasteiger partial charge in [-0.25, -0.2) is 0 Å². The Bertz CT molecular complexity index is 486. The molecule has 2 fully saturated rings. The lowest BCUT2D eigenvalue weighted by atomic mass is 9.74. The summed E-state index contributed by atoms with van der Waals surface area (Å²) < 4.78 is 6.10. The van der Waals surface area contributed by atoms with Gasteiger partial charge in [0.1, 0.15) is 0 Å². The van der Waals surface area contributed by atoms with E-state index in [2.05, 4.69) is 30.4 Å². The highest BCUT2D eigenvalue weighted by Gasteiger charge is 2.50. The lowest BCUT2D eigenvalue weighted by Crippen LogP contribution is -2.42. The van der Waals surface area contributed by atoms with E-state index >= 15 is 0 Å². The summed E-state index contributed by atoms with van der Waals surface area (Å²) in [5.41, 5.74) is 2.71. The number of rotatable bonds is 5. The van der Waals surface area contributed by atoms with Crippen molar-refractivity contribution >= 4 is 11.6 Å². The summed E-state index contributed by atoms with van der Waals surface area (Å²) in [5, 5.41) is 4.30. The lowest BCUT2D eigenvalue weighted by molar-refractivity contribution is 0.0315. The van der Waals surface area contributed by atoms with Crippen molar-refractivity contribution in [1.29, 1.82) is 0 Å². The average Bonchev–Trinajstić information content (AvgIpc) is 3.16. The van der Waals surface area contributed by atoms with Crippen LogP contribution in [0.4, 0.5) is 0 Å². The van der Waals surface area contributed by atoms with Gasteiger partial charge in [-0.15, -0.1) is 0 Å². The van der Waals surface area contributed by atoms with Gasteiger partial charge in [-0.05, 0) is 62.8 Å². The molecule has 2 atom stereocenters. The van der Waals surface area contributed by atoms with E-state index < -0.39 is 0 Å². The zero-order chi connectivity index (χ0) is 14.2. The van der Waals surface area contributed by atoms with Crippen LogP contribution >= 0.6 is 11.6 Å². The Balaban J connectivity index is 1.86. The third-order valence-electron chi connectivity index (χ3n) is 4.83. The molecule has 1 N–H and O–H groups in total. The first kappa shape index (κ1) is 14.4. The minimum absolute atomic E-state index is 0.217. The maximum atomic E-state index is 6.45. The SMILES string of the molecule is CNCC1(Cc2ccc(C)cc2Cl)CCOC1C1CC1. The fraction of sp³-hybridized carbons (Fsp3) is 0.647. The predicted molar refractivity (Wildman–Crippen MR) is 83.3 cm³/mol. The fourth-order valence-corrected chi connectivity index (χ4v) is 4.01. The minimum Gasteiger partial charge on any atom is -0.377 e. The molecular weight excluding hydrogens is 270 g/mol. The Morgan fingerprint density at radius 1 is 1.40 bits per heavy atom. The molecule has 2 nitrogen and oxygen atoms in total. The first-order valence-corrected chi connectivity index (χ1v) is 8.04. The molecule has 1 saturated carbocycles. The van der Waals surface area contributed by atoms with E-state index in [0.717, 1.165) is 36.9 Å². The molecule has 3 heteroatoms. The van der Waals surface area contributed by atoms with Gasteiger partial charge in [-0.2, -0.15) is 0 Å². The first-order valence-electron chi connectivity index (χ1n) is 7.66. The van der Waals surface area contributed by atoms with E-state index in [4.69, 9.17) is 16.3 Å². The molecule has 1 aliphatic carbocycles. The summed E-state index contributed by atoms with van der Waals surface area (Å²) in [6, 6.07) is 6.43. The maximum Gasteiger partial charge on any atom is 0.0675 e. The number of hydrogen-bond donors (Lipinski definition) is 1. The van der Waals surface area contributed by atoms with Crippen LogP contribution in [0.5, 0.6) is 0 Å². The van der Waals surface area contributed by atoms with E-state index in [1.54, 1.807) is 0 Å². The number of halogens is 1. The van der Waals surface area contributed by atoms with Crippen molar-refractivity contribution < 1.29 is 4.74 Å². The third-order valence-corrected chi connectivity index (χ3v) is 5.18. The molecule has 110 valence electrons. The molecule has 0 aromatic heterocycles. The Morgan fingerprint density at radius 2 is 2.20 bits per heavy atom. The number of nitrogens with one attached hydrogen (secondary N) is 1. The monoisotopic (exact) mass is 293 g/mol. The highest BCUT2D eigenvalue weighted by molar-refractivity contribution is 6.31. The second-order valence-corrected chi connectivity index (χ2v) is 6.95. The molecule has 20 heavy (non-hydrogen) atoms. The number of benzene rings is 1. The topological polar surface area (TPSA) is 21.3 Å². The van der Waals surface area contributed by atoms with Crippen molar-refractivity contribution in [2.24, 2.45) is 11.3 Å². The summed E-state index contributed by atoms with van der Waals surface area (Å²) in [4.78, 5) is 0. The first-order chi connectivity index (χ1) is 9.64. The highest BCUT2D eigenvalue weighted by Crippen LogP contribution is 2.49. The molecule has 2 unspecified atom stereocenters. The molecule has 1 aliphatic heterocycles. The van der Waals surface area contributed by atoms with Crippen molar-refractivity contribution in [3.8, 4) is 0 Å². The fourth-order valence-electron chi connectivity index (χ4n) is 3.71. The van der Waals surface area contributed by atoms with Crippen LogP contribution in [-0.4, -0.2) is 26.3 Å². The Labute approximate surface area is 126 Å². The van der Waals surface area contributed by atoms with Crippen molar-refractivity contribution in [2.45, 2.75) is 38.7 Å². The molecule has 1 aromatic rings. The summed E-state index contributed by atoms with van der Waals surface area (Å²) >= 11 is 6.45. The van der Waals surface area contributed by atoms with Gasteiger partial charge in [0, 0.05) is 23.6 Å². The zero-order valence-corrected chi connectivity index (χ0v) is 13.2. The van der Waals surface area contributed by atoms with E-state index in [0.29, 0.717) is 6.10 Å². The van der Waals surface area contributed by atoms with Gasteiger partial charge < -0.3 is 10.1 Å². The molecule has 0 amide bonds. The molecule has 0 bridgehead atoms. The van der Waals surface area contributed by atoms with Crippen molar-refractivity contribution in [3.63, 3.8) is 0 Å². The Morgan fingerprint density at radius 3 is 2.85 bits per heavy atom. The number of ether oxygens (including phenoxy) is 1. The van der Waals surface area contributed by atoms with Gasteiger partial charge in [0.05, 0.1) is 6.10 Å². The smallest absolute Gasteiger partial charge is 0.0675 e. The summed E-state index contributed by atoms with van der Waals surface area (Å²) in [5.74, 6) is 0.773. The molecule has 0 spiro atoms. The second-order valence-electron chi connectivity index (χ2n) is 6.54. The molecular formula is C17H24ClNO.